The summed E-state index contributed by atoms with van der Waals surface area (Å²) in [4.78, 5) is 0. The minimum atomic E-state index is 0.691. The molecule has 0 bridgehead atoms. The first-order valence-electron chi connectivity index (χ1n) is 4.84. The van der Waals surface area contributed by atoms with Gasteiger partial charge in [0.25, 0.3) is 0 Å². The van der Waals surface area contributed by atoms with Gasteiger partial charge in [-0.15, -0.1) is 0 Å². The molecule has 2 aromatic rings. The lowest BCUT2D eigenvalue weighted by molar-refractivity contribution is 0.298. The quantitative estimate of drug-likeness (QED) is 0.827. The summed E-state index contributed by atoms with van der Waals surface area (Å²) in [6.07, 6.45) is 4.07. The van der Waals surface area contributed by atoms with Gasteiger partial charge in [0.1, 0.15) is 12.4 Å². The molecule has 1 heterocycles. The Kier molecular flexibility index (Phi) is 3.45. The average molecular weight is 266 g/mol. The summed E-state index contributed by atoms with van der Waals surface area (Å²) in [6.45, 7) is 1.57. The van der Waals surface area contributed by atoms with E-state index >= 15 is 0 Å². The van der Waals surface area contributed by atoms with Gasteiger partial charge in [-0.1, -0.05) is 15.9 Å². The molecule has 0 saturated carbocycles. The molecule has 0 aliphatic heterocycles. The molecule has 15 heavy (non-hydrogen) atoms. The normalized spacial score (nSPS) is 10.2. The van der Waals surface area contributed by atoms with Crippen LogP contribution < -0.4 is 4.74 Å². The zero-order chi connectivity index (χ0) is 10.5. The fourth-order valence-corrected chi connectivity index (χ4v) is 1.58. The van der Waals surface area contributed by atoms with Crippen LogP contribution in [0.1, 0.15) is 0 Å². The molecule has 0 amide bonds. The number of hydrogen-bond donors (Lipinski definition) is 0. The van der Waals surface area contributed by atoms with Gasteiger partial charge < -0.3 is 9.30 Å². The molecule has 1 aromatic carbocycles. The maximum Gasteiger partial charge on any atom is 0.119 e. The highest BCUT2D eigenvalue weighted by atomic mass is 79.9. The lowest BCUT2D eigenvalue weighted by Crippen LogP contribution is -2.06. The van der Waals surface area contributed by atoms with Crippen LogP contribution in [0.3, 0.4) is 0 Å². The van der Waals surface area contributed by atoms with E-state index in [1.54, 1.807) is 0 Å². The van der Waals surface area contributed by atoms with Crippen molar-refractivity contribution in [2.24, 2.45) is 0 Å². The number of aromatic nitrogens is 1. The Hall–Kier alpha value is -1.22. The van der Waals surface area contributed by atoms with Crippen molar-refractivity contribution in [1.29, 1.82) is 0 Å². The van der Waals surface area contributed by atoms with Crippen molar-refractivity contribution in [3.05, 3.63) is 53.3 Å². The molecule has 0 radical (unpaired) electrons. The van der Waals surface area contributed by atoms with Crippen LogP contribution in [0.4, 0.5) is 0 Å². The zero-order valence-electron chi connectivity index (χ0n) is 8.27. The van der Waals surface area contributed by atoms with Crippen molar-refractivity contribution < 1.29 is 4.74 Å². The van der Waals surface area contributed by atoms with Crippen molar-refractivity contribution in [2.75, 3.05) is 6.61 Å². The third-order valence-electron chi connectivity index (χ3n) is 2.10. The molecule has 2 rings (SSSR count). The van der Waals surface area contributed by atoms with Gasteiger partial charge in [-0.05, 0) is 36.4 Å². The minimum Gasteiger partial charge on any atom is -0.492 e. The van der Waals surface area contributed by atoms with Crippen LogP contribution in [0.25, 0.3) is 0 Å². The molecule has 78 valence electrons. The van der Waals surface area contributed by atoms with Crippen LogP contribution in [0.2, 0.25) is 0 Å². The Balaban J connectivity index is 1.81. The lowest BCUT2D eigenvalue weighted by atomic mass is 10.3. The van der Waals surface area contributed by atoms with Crippen LogP contribution >= 0.6 is 15.9 Å². The van der Waals surface area contributed by atoms with E-state index in [1.807, 2.05) is 48.8 Å². The fourth-order valence-electron chi connectivity index (χ4n) is 1.32. The number of halogens is 1. The largest absolute Gasteiger partial charge is 0.492 e. The van der Waals surface area contributed by atoms with Gasteiger partial charge in [0, 0.05) is 16.9 Å². The fraction of sp³-hybridized carbons (Fsp3) is 0.167. The Morgan fingerprint density at radius 2 is 1.73 bits per heavy atom. The van der Waals surface area contributed by atoms with Crippen LogP contribution in [0, 0.1) is 0 Å². The first-order valence-corrected chi connectivity index (χ1v) is 5.63. The van der Waals surface area contributed by atoms with E-state index in [0.717, 1.165) is 16.8 Å². The average Bonchev–Trinajstić information content (AvgIpc) is 2.74. The molecule has 1 aromatic heterocycles. The zero-order valence-corrected chi connectivity index (χ0v) is 9.85. The molecule has 3 heteroatoms. The smallest absolute Gasteiger partial charge is 0.119 e. The van der Waals surface area contributed by atoms with E-state index in [-0.39, 0.29) is 0 Å². The predicted octanol–water partition coefficient (Wildman–Crippen LogP) is 3.33. The second kappa shape index (κ2) is 5.03. The predicted molar refractivity (Wildman–Crippen MR) is 64.1 cm³/mol. The van der Waals surface area contributed by atoms with E-state index in [9.17, 15) is 0 Å². The number of benzene rings is 1. The second-order valence-corrected chi connectivity index (χ2v) is 4.14. The van der Waals surface area contributed by atoms with E-state index < -0.39 is 0 Å². The third-order valence-corrected chi connectivity index (χ3v) is 2.63. The van der Waals surface area contributed by atoms with E-state index in [0.29, 0.717) is 6.61 Å². The molecule has 0 N–H and O–H groups in total. The highest BCUT2D eigenvalue weighted by Crippen LogP contribution is 2.15. The first kappa shape index (κ1) is 10.3. The molecule has 0 unspecified atom stereocenters. The van der Waals surface area contributed by atoms with E-state index in [1.165, 1.54) is 0 Å². The molecule has 0 fully saturated rings. The number of nitrogens with zero attached hydrogens (tertiary/aromatic N) is 1. The van der Waals surface area contributed by atoms with Crippen molar-refractivity contribution in [1.82, 2.24) is 4.57 Å². The molecule has 0 atom stereocenters. The Morgan fingerprint density at radius 3 is 2.40 bits per heavy atom. The number of ether oxygens (including phenoxy) is 1. The van der Waals surface area contributed by atoms with Gasteiger partial charge in [0.05, 0.1) is 6.54 Å². The molecule has 0 spiro atoms. The summed E-state index contributed by atoms with van der Waals surface area (Å²) in [5, 5.41) is 0. The summed E-state index contributed by atoms with van der Waals surface area (Å²) >= 11 is 3.39. The highest BCUT2D eigenvalue weighted by Gasteiger charge is 1.93. The van der Waals surface area contributed by atoms with E-state index in [4.69, 9.17) is 4.74 Å². The minimum absolute atomic E-state index is 0.691. The van der Waals surface area contributed by atoms with Crippen molar-refractivity contribution in [2.45, 2.75) is 6.54 Å². The summed E-state index contributed by atoms with van der Waals surface area (Å²) < 4.78 is 8.76. The molecule has 2 nitrogen and oxygen atoms in total. The van der Waals surface area contributed by atoms with Crippen LogP contribution in [0.5, 0.6) is 5.75 Å². The summed E-state index contributed by atoms with van der Waals surface area (Å²) in [6, 6.07) is 11.9. The second-order valence-electron chi connectivity index (χ2n) is 3.22. The van der Waals surface area contributed by atoms with Crippen molar-refractivity contribution in [3.8, 4) is 5.75 Å². The van der Waals surface area contributed by atoms with E-state index in [2.05, 4.69) is 20.5 Å². The Labute approximate surface area is 97.6 Å². The Bertz CT molecular complexity index is 394. The van der Waals surface area contributed by atoms with Gasteiger partial charge in [-0.25, -0.2) is 0 Å². The molecule has 0 saturated heterocycles. The molecule has 0 aliphatic carbocycles. The number of rotatable bonds is 4. The van der Waals surface area contributed by atoms with Crippen LogP contribution in [-0.4, -0.2) is 11.2 Å². The summed E-state index contributed by atoms with van der Waals surface area (Å²) in [7, 11) is 0. The van der Waals surface area contributed by atoms with Gasteiger partial charge in [0.2, 0.25) is 0 Å². The monoisotopic (exact) mass is 265 g/mol. The van der Waals surface area contributed by atoms with Gasteiger partial charge in [-0.3, -0.25) is 0 Å². The number of hydrogen-bond acceptors (Lipinski definition) is 1. The molecular weight excluding hydrogens is 254 g/mol. The van der Waals surface area contributed by atoms with Crippen LogP contribution in [-0.2, 0) is 6.54 Å². The van der Waals surface area contributed by atoms with Gasteiger partial charge in [-0.2, -0.15) is 0 Å². The van der Waals surface area contributed by atoms with Crippen LogP contribution in [0.15, 0.2) is 53.3 Å². The van der Waals surface area contributed by atoms with Gasteiger partial charge in [0.15, 0.2) is 0 Å². The standard InChI is InChI=1S/C12H12BrNO/c13-11-3-5-12(6-4-11)15-10-9-14-7-1-2-8-14/h1-8H,9-10H2. The summed E-state index contributed by atoms with van der Waals surface area (Å²) in [5.74, 6) is 0.908. The molecule has 0 aliphatic rings. The van der Waals surface area contributed by atoms with Crippen molar-refractivity contribution >= 4 is 15.9 Å². The Morgan fingerprint density at radius 1 is 1.07 bits per heavy atom. The van der Waals surface area contributed by atoms with Crippen molar-refractivity contribution in [3.63, 3.8) is 0 Å². The topological polar surface area (TPSA) is 14.2 Å². The maximum atomic E-state index is 5.59. The maximum absolute atomic E-state index is 5.59. The SMILES string of the molecule is Brc1ccc(OCCn2cccc2)cc1. The first-order chi connectivity index (χ1) is 7.34. The summed E-state index contributed by atoms with van der Waals surface area (Å²) in [5.41, 5.74) is 0. The lowest BCUT2D eigenvalue weighted by Gasteiger charge is -2.06. The highest BCUT2D eigenvalue weighted by molar-refractivity contribution is 9.10. The third kappa shape index (κ3) is 3.13. The molecular formula is C12H12BrNO. The van der Waals surface area contributed by atoms with Gasteiger partial charge >= 0.3 is 0 Å².